The van der Waals surface area contributed by atoms with Crippen molar-refractivity contribution in [3.63, 3.8) is 0 Å². The third-order valence-corrected chi connectivity index (χ3v) is 6.63. The summed E-state index contributed by atoms with van der Waals surface area (Å²) in [6.07, 6.45) is 4.27. The summed E-state index contributed by atoms with van der Waals surface area (Å²) >= 11 is 1.40. The van der Waals surface area contributed by atoms with Gasteiger partial charge in [-0.05, 0) is 62.3 Å². The number of carbonyl (C=O) groups is 2. The molecule has 2 heterocycles. The maximum Gasteiger partial charge on any atom is 0.349 e. The molecule has 1 amide bonds. The van der Waals surface area contributed by atoms with Crippen LogP contribution in [0, 0.1) is 42.4 Å². The highest BCUT2D eigenvalue weighted by Gasteiger charge is 2.23. The van der Waals surface area contributed by atoms with Gasteiger partial charge >= 0.3 is 5.97 Å². The summed E-state index contributed by atoms with van der Waals surface area (Å²) in [6, 6.07) is 5.95. The smallest absolute Gasteiger partial charge is 0.349 e. The molecule has 0 radical (unpaired) electrons. The number of hydrogen-bond acceptors (Lipinski definition) is 6. The first kappa shape index (κ1) is 23.3. The van der Waals surface area contributed by atoms with Gasteiger partial charge in [0.05, 0.1) is 5.56 Å². The van der Waals surface area contributed by atoms with Gasteiger partial charge in [-0.25, -0.2) is 4.79 Å². The molecule has 8 heteroatoms. The summed E-state index contributed by atoms with van der Waals surface area (Å²) in [5, 5.41) is 22.0. The normalized spacial score (nSPS) is 12.9. The molecule has 1 aliphatic carbocycles. The molecule has 32 heavy (non-hydrogen) atoms. The van der Waals surface area contributed by atoms with Crippen LogP contribution < -0.4 is 5.32 Å². The minimum atomic E-state index is -0.856. The predicted octanol–water partition coefficient (Wildman–Crippen LogP) is 4.27. The van der Waals surface area contributed by atoms with Crippen LogP contribution in [0.4, 0.5) is 5.00 Å². The van der Waals surface area contributed by atoms with Gasteiger partial charge in [0.1, 0.15) is 22.7 Å². The lowest BCUT2D eigenvalue weighted by molar-refractivity contribution is -0.142. The van der Waals surface area contributed by atoms with E-state index in [0.29, 0.717) is 16.5 Å². The number of amides is 1. The van der Waals surface area contributed by atoms with Crippen LogP contribution in [0.5, 0.6) is 0 Å². The molecule has 0 unspecified atom stereocenters. The van der Waals surface area contributed by atoms with E-state index in [1.165, 1.54) is 17.4 Å². The zero-order chi connectivity index (χ0) is 23.4. The van der Waals surface area contributed by atoms with Gasteiger partial charge < -0.3 is 14.6 Å². The second kappa shape index (κ2) is 9.84. The molecule has 0 saturated carbocycles. The van der Waals surface area contributed by atoms with Crippen molar-refractivity contribution in [1.82, 2.24) is 4.57 Å². The molecule has 166 valence electrons. The minimum absolute atomic E-state index is 0.171. The maximum absolute atomic E-state index is 12.4. The van der Waals surface area contributed by atoms with Gasteiger partial charge in [0, 0.05) is 22.8 Å². The van der Waals surface area contributed by atoms with Crippen LogP contribution >= 0.6 is 11.3 Å². The topological polar surface area (TPSA) is 108 Å². The van der Waals surface area contributed by atoms with Crippen LogP contribution in [-0.2, 0) is 33.7 Å². The summed E-state index contributed by atoms with van der Waals surface area (Å²) < 4.78 is 7.22. The quantitative estimate of drug-likeness (QED) is 0.385. The fraction of sp³-hybridized carbons (Fsp3) is 0.417. The molecule has 0 fully saturated rings. The van der Waals surface area contributed by atoms with E-state index in [4.69, 9.17) is 4.74 Å². The van der Waals surface area contributed by atoms with E-state index in [1.807, 2.05) is 26.0 Å². The van der Waals surface area contributed by atoms with Gasteiger partial charge in [0.15, 0.2) is 6.61 Å². The second-order valence-electron chi connectivity index (χ2n) is 8.30. The SMILES string of the molecule is Cc1cc(C=C(C#N)C(=O)OCC(=O)Nc2sc3c(c2C#N)CCC3)c(C)n1CC(C)C. The first-order chi connectivity index (χ1) is 15.2. The lowest BCUT2D eigenvalue weighted by atomic mass is 10.1. The van der Waals surface area contributed by atoms with Crippen molar-refractivity contribution >= 4 is 34.3 Å². The highest BCUT2D eigenvalue weighted by Crippen LogP contribution is 2.38. The Morgan fingerprint density at radius 2 is 2.06 bits per heavy atom. The summed E-state index contributed by atoms with van der Waals surface area (Å²) in [5.74, 6) is -0.936. The molecular formula is C24H26N4O3S. The number of ether oxygens (including phenoxy) is 1. The van der Waals surface area contributed by atoms with Gasteiger partial charge in [-0.1, -0.05) is 13.8 Å². The van der Waals surface area contributed by atoms with Crippen LogP contribution in [0.15, 0.2) is 11.6 Å². The third kappa shape index (κ3) is 4.92. The van der Waals surface area contributed by atoms with Gasteiger partial charge in [-0.2, -0.15) is 10.5 Å². The Morgan fingerprint density at radius 1 is 1.31 bits per heavy atom. The molecule has 0 spiro atoms. The predicted molar refractivity (Wildman–Crippen MR) is 123 cm³/mol. The van der Waals surface area contributed by atoms with Crippen LogP contribution in [-0.4, -0.2) is 23.1 Å². The number of thiophene rings is 1. The van der Waals surface area contributed by atoms with E-state index in [2.05, 4.69) is 29.8 Å². The standard InChI is InChI=1S/C24H26N4O3S/c1-14(2)12-28-15(3)8-17(16(28)4)9-18(10-25)24(30)31-13-22(29)27-23-20(11-26)19-6-5-7-21(19)32-23/h8-9,14H,5-7,12-13H2,1-4H3,(H,27,29). The number of fused-ring (bicyclic) bond motifs is 1. The monoisotopic (exact) mass is 450 g/mol. The van der Waals surface area contributed by atoms with E-state index >= 15 is 0 Å². The summed E-state index contributed by atoms with van der Waals surface area (Å²) in [7, 11) is 0. The van der Waals surface area contributed by atoms with Crippen LogP contribution in [0.3, 0.4) is 0 Å². The largest absolute Gasteiger partial charge is 0.451 e. The number of rotatable bonds is 7. The Hall–Kier alpha value is -3.36. The molecule has 2 aromatic heterocycles. The van der Waals surface area contributed by atoms with Gasteiger partial charge in [-0.3, -0.25) is 4.79 Å². The Kier molecular flexibility index (Phi) is 7.17. The third-order valence-electron chi connectivity index (χ3n) is 5.42. The van der Waals surface area contributed by atoms with Crippen molar-refractivity contribution in [3.05, 3.63) is 44.6 Å². The van der Waals surface area contributed by atoms with E-state index in [1.54, 1.807) is 0 Å². The van der Waals surface area contributed by atoms with E-state index < -0.39 is 18.5 Å². The second-order valence-corrected chi connectivity index (χ2v) is 9.40. The van der Waals surface area contributed by atoms with Crippen molar-refractivity contribution in [2.75, 3.05) is 11.9 Å². The number of aryl methyl sites for hydroxylation is 2. The van der Waals surface area contributed by atoms with Crippen molar-refractivity contribution in [2.24, 2.45) is 5.92 Å². The molecule has 1 aliphatic rings. The van der Waals surface area contributed by atoms with Crippen molar-refractivity contribution in [2.45, 2.75) is 53.5 Å². The molecular weight excluding hydrogens is 424 g/mol. The van der Waals surface area contributed by atoms with E-state index in [0.717, 1.165) is 53.2 Å². The van der Waals surface area contributed by atoms with Crippen LogP contribution in [0.1, 0.15) is 53.2 Å². The number of hydrogen-bond donors (Lipinski definition) is 1. The molecule has 0 aliphatic heterocycles. The maximum atomic E-state index is 12.4. The number of nitriles is 2. The number of aromatic nitrogens is 1. The molecule has 2 aromatic rings. The van der Waals surface area contributed by atoms with Crippen molar-refractivity contribution in [3.8, 4) is 12.1 Å². The van der Waals surface area contributed by atoms with Crippen LogP contribution in [0.25, 0.3) is 6.08 Å². The van der Waals surface area contributed by atoms with Gasteiger partial charge in [0.2, 0.25) is 0 Å². The summed E-state index contributed by atoms with van der Waals surface area (Å²) in [4.78, 5) is 25.8. The van der Waals surface area contributed by atoms with Gasteiger partial charge in [-0.15, -0.1) is 11.3 Å². The number of carbonyl (C=O) groups excluding carboxylic acids is 2. The Balaban J connectivity index is 1.66. The number of nitrogens with one attached hydrogen (secondary N) is 1. The lowest BCUT2D eigenvalue weighted by Crippen LogP contribution is -2.21. The molecule has 0 saturated heterocycles. The summed E-state index contributed by atoms with van der Waals surface area (Å²) in [5.41, 5.74) is 4.11. The highest BCUT2D eigenvalue weighted by atomic mass is 32.1. The zero-order valence-electron chi connectivity index (χ0n) is 18.7. The zero-order valence-corrected chi connectivity index (χ0v) is 19.6. The number of nitrogens with zero attached hydrogens (tertiary/aromatic N) is 3. The summed E-state index contributed by atoms with van der Waals surface area (Å²) in [6.45, 7) is 8.49. The van der Waals surface area contributed by atoms with E-state index in [9.17, 15) is 20.1 Å². The van der Waals surface area contributed by atoms with Crippen LogP contribution in [0.2, 0.25) is 0 Å². The van der Waals surface area contributed by atoms with Crippen molar-refractivity contribution < 1.29 is 14.3 Å². The Labute approximate surface area is 191 Å². The lowest BCUT2D eigenvalue weighted by Gasteiger charge is -2.12. The number of anilines is 1. The highest BCUT2D eigenvalue weighted by molar-refractivity contribution is 7.16. The first-order valence-corrected chi connectivity index (χ1v) is 11.4. The minimum Gasteiger partial charge on any atom is -0.451 e. The molecule has 0 atom stereocenters. The average Bonchev–Trinajstić information content (AvgIpc) is 3.39. The Bertz CT molecular complexity index is 1170. The fourth-order valence-electron chi connectivity index (χ4n) is 3.89. The van der Waals surface area contributed by atoms with E-state index in [-0.39, 0.29) is 5.57 Å². The molecule has 7 nitrogen and oxygen atoms in total. The Morgan fingerprint density at radius 3 is 2.72 bits per heavy atom. The van der Waals surface area contributed by atoms with Crippen molar-refractivity contribution in [1.29, 1.82) is 10.5 Å². The first-order valence-electron chi connectivity index (χ1n) is 10.5. The number of esters is 1. The molecule has 0 bridgehead atoms. The molecule has 3 rings (SSSR count). The average molecular weight is 451 g/mol. The fourth-order valence-corrected chi connectivity index (χ4v) is 5.15. The van der Waals surface area contributed by atoms with Gasteiger partial charge in [0.25, 0.3) is 5.91 Å². The molecule has 1 N–H and O–H groups in total. The molecule has 0 aromatic carbocycles.